The number of H-pyrrole nitrogens is 1. The van der Waals surface area contributed by atoms with Crippen LogP contribution in [0.1, 0.15) is 128 Å². The Hall–Kier alpha value is -11.4. The quantitative estimate of drug-likeness (QED) is 0.00383. The maximum atomic E-state index is 15.4. The Morgan fingerprint density at radius 2 is 0.836 bits per heavy atom. The van der Waals surface area contributed by atoms with Crippen molar-refractivity contribution in [1.82, 2.24) is 79.6 Å². The van der Waals surface area contributed by atoms with Crippen molar-refractivity contribution in [1.29, 1.82) is 0 Å². The van der Waals surface area contributed by atoms with E-state index in [2.05, 4.69) is 115 Å². The number of Topliss-reactive ketones (excluding diaryl/α,β-unsaturated/α-hetero) is 5. The predicted octanol–water partition coefficient (Wildman–Crippen LogP) is -1.95. The molecule has 5 rings (SSSR count). The van der Waals surface area contributed by atoms with Crippen LogP contribution in [0.4, 0.5) is 0 Å². The summed E-state index contributed by atoms with van der Waals surface area (Å²) in [7, 11) is 2.88. The number of aromatic nitrogens is 1. The number of fused-ring (bicyclic) bond motifs is 1. The smallest absolute Gasteiger partial charge is 0.245 e. The molecule has 128 heavy (non-hydrogen) atoms. The number of thiol groups is 2. The minimum atomic E-state index is -1.90. The number of aliphatic hydroxyl groups is 3. The second-order valence-corrected chi connectivity index (χ2v) is 30.6. The lowest BCUT2D eigenvalue weighted by Crippen LogP contribution is -2.63. The minimum Gasteiger partial charge on any atom is -0.394 e. The first-order valence-electron chi connectivity index (χ1n) is 42.3. The highest BCUT2D eigenvalue weighted by Crippen LogP contribution is 2.21. The third-order valence-electron chi connectivity index (χ3n) is 19.9. The number of carbonyl (C=O) groups is 16. The molecule has 1 heterocycles. The van der Waals surface area contributed by atoms with Gasteiger partial charge in [0, 0.05) is 72.2 Å². The average molecular weight is 1820 g/mol. The number of amides is 11. The van der Waals surface area contributed by atoms with Crippen molar-refractivity contribution < 1.29 is 92.0 Å². The van der Waals surface area contributed by atoms with Gasteiger partial charge in [-0.05, 0) is 140 Å². The Morgan fingerprint density at radius 1 is 0.461 bits per heavy atom. The highest BCUT2D eigenvalue weighted by atomic mass is 32.1. The van der Waals surface area contributed by atoms with Crippen LogP contribution in [0.3, 0.4) is 0 Å². The molecule has 0 aliphatic carbocycles. The first-order chi connectivity index (χ1) is 61.2. The molecule has 5 aromatic rings. The number of aliphatic hydroxyl groups excluding tert-OH is 3. The number of nitrogens with zero attached hydrogens (tertiary/aromatic N) is 3. The molecule has 3 unspecified atom stereocenters. The van der Waals surface area contributed by atoms with Gasteiger partial charge in [0.2, 0.25) is 88.1 Å². The van der Waals surface area contributed by atoms with E-state index in [0.717, 1.165) is 26.7 Å². The van der Waals surface area contributed by atoms with Crippen LogP contribution in [0, 0.1) is 0 Å². The number of nitrogens with two attached hydrogens (primary N) is 3. The minimum absolute atomic E-state index is 0.0280. The number of likely N-dealkylation sites (N-methyl/N-ethyl adjacent to an activating group) is 2. The SMILES string of the molecule is CC.CC(=O)CCCCN=[N+]=[N-].CN[C@@H](CS)C(=O)C(=O)CNN[C@@H](C)C(=O)NC(CCCCN)C(=O)N[C@@H](CC(N)=O)C(=O)NC(Cc1ccccc1)C(=O)N[C@@H](Cc1ccccc1)C(=O)NC(Cc1c[nH]c2ccccc12)C(=O)N[C@@H](CCCCN)C(=O)N[C@H](C(=O)N[C@@H](Cc1ccccc1)C(=O)N[C@H](C(=O)N[C@@H](CO)C(=O)C(=O)[C@H](CS)NC)[C@@H](C)O)[C@@H](C)O. The molecule has 0 spiro atoms. The number of primary amides is 1. The van der Waals surface area contributed by atoms with Crippen LogP contribution in [0.25, 0.3) is 21.3 Å². The van der Waals surface area contributed by atoms with Crippen LogP contribution in [0.2, 0.25) is 0 Å². The number of hydrazine groups is 1. The maximum absolute atomic E-state index is 15.4. The molecule has 11 amide bonds. The van der Waals surface area contributed by atoms with Gasteiger partial charge in [-0.25, -0.2) is 10.9 Å². The second kappa shape index (κ2) is 61.1. The highest BCUT2D eigenvalue weighted by molar-refractivity contribution is 7.80. The fourth-order valence-electron chi connectivity index (χ4n) is 12.7. The molecule has 42 heteroatoms. The van der Waals surface area contributed by atoms with E-state index in [9.17, 15) is 77.6 Å². The van der Waals surface area contributed by atoms with Crippen molar-refractivity contribution >= 4 is 130 Å². The molecule has 0 saturated carbocycles. The number of carbonyl (C=O) groups excluding carboxylic acids is 16. The molecular formula is C86H127N21O19S2. The summed E-state index contributed by atoms with van der Waals surface area (Å²) in [5, 5.41) is 67.0. The summed E-state index contributed by atoms with van der Waals surface area (Å²) in [5.41, 5.74) is 32.9. The van der Waals surface area contributed by atoms with E-state index in [1.807, 2.05) is 13.8 Å². The summed E-state index contributed by atoms with van der Waals surface area (Å²) in [4.78, 5) is 226. The molecule has 24 N–H and O–H groups in total. The number of aromatic amines is 1. The molecule has 4 aromatic carbocycles. The summed E-state index contributed by atoms with van der Waals surface area (Å²) >= 11 is 8.14. The highest BCUT2D eigenvalue weighted by Gasteiger charge is 2.40. The normalized spacial score (nSPS) is 14.4. The van der Waals surface area contributed by atoms with Crippen LogP contribution in [-0.2, 0) is 102 Å². The van der Waals surface area contributed by atoms with Gasteiger partial charge in [0.1, 0.15) is 66.2 Å². The zero-order chi connectivity index (χ0) is 95.4. The Kier molecular flexibility index (Phi) is 52.9. The number of nitrogens with one attached hydrogen (secondary N) is 15. The van der Waals surface area contributed by atoms with Gasteiger partial charge in [-0.1, -0.05) is 128 Å². The van der Waals surface area contributed by atoms with E-state index in [4.69, 9.17) is 22.7 Å². The van der Waals surface area contributed by atoms with Gasteiger partial charge >= 0.3 is 0 Å². The molecule has 40 nitrogen and oxygen atoms in total. The number of para-hydroxylation sites is 1. The van der Waals surface area contributed by atoms with Gasteiger partial charge in [-0.2, -0.15) is 25.3 Å². The molecule has 0 aliphatic heterocycles. The van der Waals surface area contributed by atoms with E-state index >= 15 is 14.4 Å². The monoisotopic (exact) mass is 1820 g/mol. The largest absolute Gasteiger partial charge is 0.394 e. The van der Waals surface area contributed by atoms with E-state index < -0.39 is 198 Å². The number of ketones is 5. The molecule has 1 aromatic heterocycles. The maximum Gasteiger partial charge on any atom is 0.245 e. The summed E-state index contributed by atoms with van der Waals surface area (Å²) < 4.78 is 0. The predicted molar refractivity (Wildman–Crippen MR) is 486 cm³/mol. The van der Waals surface area contributed by atoms with Crippen molar-refractivity contribution in [2.45, 2.75) is 222 Å². The van der Waals surface area contributed by atoms with Gasteiger partial charge < -0.3 is 106 Å². The average Bonchev–Trinajstić information content (AvgIpc) is 1.69. The summed E-state index contributed by atoms with van der Waals surface area (Å²) in [6.45, 7) is 8.52. The van der Waals surface area contributed by atoms with Gasteiger partial charge in [0.15, 0.2) is 0 Å². The summed E-state index contributed by atoms with van der Waals surface area (Å²) in [5.74, 6) is -15.0. The fourth-order valence-corrected chi connectivity index (χ4v) is 13.4. The number of benzene rings is 4. The van der Waals surface area contributed by atoms with Crippen LogP contribution in [0.5, 0.6) is 0 Å². The van der Waals surface area contributed by atoms with Crippen molar-refractivity contribution in [2.75, 3.05) is 58.4 Å². The second-order valence-electron chi connectivity index (χ2n) is 29.9. The number of hydrogen-bond donors (Lipinski definition) is 23. The summed E-state index contributed by atoms with van der Waals surface area (Å²) in [6, 6.07) is 12.1. The van der Waals surface area contributed by atoms with Crippen LogP contribution < -0.4 is 91.9 Å². The number of rotatable bonds is 59. The third kappa shape index (κ3) is 39.5. The van der Waals surface area contributed by atoms with E-state index in [0.29, 0.717) is 65.4 Å². The van der Waals surface area contributed by atoms with Crippen molar-refractivity contribution in [3.05, 3.63) is 154 Å². The molecule has 702 valence electrons. The molecule has 0 fully saturated rings. The van der Waals surface area contributed by atoms with Crippen LogP contribution in [0.15, 0.2) is 127 Å². The Morgan fingerprint density at radius 3 is 1.26 bits per heavy atom. The van der Waals surface area contributed by atoms with Crippen molar-refractivity contribution in [3.8, 4) is 0 Å². The lowest BCUT2D eigenvalue weighted by atomic mass is 10.00. The van der Waals surface area contributed by atoms with Crippen LogP contribution >= 0.6 is 25.3 Å². The molecule has 0 radical (unpaired) electrons. The number of unbranched alkanes of at least 4 members (excludes halogenated alkanes) is 3. The van der Waals surface area contributed by atoms with E-state index in [1.165, 1.54) is 21.0 Å². The topological polar surface area (TPSA) is 645 Å². The lowest BCUT2D eigenvalue weighted by molar-refractivity contribution is -0.141. The van der Waals surface area contributed by atoms with Crippen molar-refractivity contribution in [2.24, 2.45) is 22.3 Å². The van der Waals surface area contributed by atoms with Gasteiger partial charge in [-0.15, -0.1) is 0 Å². The number of azide groups is 1. The Labute approximate surface area is 755 Å². The van der Waals surface area contributed by atoms with Crippen molar-refractivity contribution in [3.63, 3.8) is 0 Å². The molecule has 15 atom stereocenters. The van der Waals surface area contributed by atoms with Gasteiger partial charge in [-0.3, -0.25) is 71.9 Å². The number of hydrogen-bond acceptors (Lipinski definition) is 28. The molecule has 0 bridgehead atoms. The molecular weight excluding hydrogens is 1700 g/mol. The van der Waals surface area contributed by atoms with E-state index in [1.54, 1.807) is 128 Å². The van der Waals surface area contributed by atoms with Gasteiger partial charge in [0.25, 0.3) is 0 Å². The standard InChI is InChI=1S/C78H110N18O18S2.C6H11N3O.C2H6/c1-43(96-85-39-62(100)66(102)60(41-115)82-4)69(105)86-52(29-17-19-31-79)70(106)91-58(37-63(81)101)75(111)89-54(33-46-21-9-6-10-22-46)72(108)88-55(34-47-23-11-7-12-24-47)73(109)90-57(36-49-38-84-51-28-16-15-27-50(49)51)74(110)87-53(30-18-20-32-80)71(107)94-64(44(2)98)77(113)92-56(35-48-25-13-8-14-26-48)76(112)95-65(45(3)99)78(114)93-59(40-97)67(103)68(104)61(42-116)83-5;1-6(10)4-2-3-5-8-9-7;1-2/h6-16,21-28,38,43-45,52-61,64-65,82-85,96-99,115-116H,17-20,29-37,39-42,79-80H2,1-5H3,(H2,81,101)(H,86,105)(H,87,110)(H,88,108)(H,89,111)(H,90,109)(H,91,106)(H,92,113)(H,93,114)(H,94,107)(H,95,112);2-5H2,1H3;1-2H3/t43-,44+,45+,52?,53-,54?,55-,56-,57?,58-,59-,60-,61-,64-,65-;;/m0../s1. The zero-order valence-corrected chi connectivity index (χ0v) is 75.2. The first kappa shape index (κ1) is 111. The molecule has 0 saturated heterocycles. The third-order valence-corrected chi connectivity index (χ3v) is 20.6. The van der Waals surface area contributed by atoms with E-state index in [-0.39, 0.29) is 75.3 Å². The Balaban J connectivity index is 0.00000328. The Bertz CT molecular complexity index is 4440. The first-order valence-corrected chi connectivity index (χ1v) is 43.5. The van der Waals surface area contributed by atoms with Crippen LogP contribution in [-0.4, -0.2) is 263 Å². The molecule has 0 aliphatic rings. The fraction of sp³-hybridized carbons (Fsp3) is 0.512. The zero-order valence-electron chi connectivity index (χ0n) is 73.4. The summed E-state index contributed by atoms with van der Waals surface area (Å²) in [6.07, 6.45) is -0.491. The lowest BCUT2D eigenvalue weighted by Gasteiger charge is -2.29. The van der Waals surface area contributed by atoms with Gasteiger partial charge in [0.05, 0.1) is 49.9 Å².